The number of pyridine rings is 1. The van der Waals surface area contributed by atoms with Gasteiger partial charge in [0.2, 0.25) is 5.88 Å². The predicted molar refractivity (Wildman–Crippen MR) is 95.4 cm³/mol. The van der Waals surface area contributed by atoms with Gasteiger partial charge in [0.15, 0.2) is 11.5 Å². The molecule has 3 aromatic rings. The average molecular weight is 459 g/mol. The Morgan fingerprint density at radius 3 is 2.43 bits per heavy atom. The monoisotopic (exact) mass is 456 g/mol. The molecule has 7 heteroatoms. The fourth-order valence-corrected chi connectivity index (χ4v) is 3.61. The molecule has 0 saturated carbocycles. The van der Waals surface area contributed by atoms with E-state index in [1.165, 1.54) is 19.2 Å². The van der Waals surface area contributed by atoms with Gasteiger partial charge in [-0.2, -0.15) is 0 Å². The minimum Gasteiger partial charge on any atom is -0.481 e. The number of fused-ring (bicyclic) bond motifs is 1. The molecule has 0 amide bonds. The highest BCUT2D eigenvalue weighted by atomic mass is 79.9. The Balaban J connectivity index is 2.03. The number of rotatable bonds is 3. The van der Waals surface area contributed by atoms with E-state index in [0.29, 0.717) is 36.9 Å². The normalized spacial score (nSPS) is 10.8. The van der Waals surface area contributed by atoms with Gasteiger partial charge >= 0.3 is 0 Å². The van der Waals surface area contributed by atoms with Crippen molar-refractivity contribution in [3.05, 3.63) is 50.4 Å². The first-order valence-corrected chi connectivity index (χ1v) is 8.42. The van der Waals surface area contributed by atoms with Crippen LogP contribution in [0.15, 0.2) is 45.3 Å². The topological polar surface area (TPSA) is 51.2 Å². The first-order chi connectivity index (χ1) is 11.0. The molecule has 0 atom stereocenters. The first kappa shape index (κ1) is 16.4. The number of nitrogens with zero attached hydrogens (tertiary/aromatic N) is 1. The van der Waals surface area contributed by atoms with Crippen molar-refractivity contribution < 1.29 is 14.6 Å². The Kier molecular flexibility index (Phi) is 4.66. The summed E-state index contributed by atoms with van der Waals surface area (Å²) in [6.45, 7) is 0. The maximum Gasteiger partial charge on any atom is 0.215 e. The molecule has 0 aliphatic carbocycles. The highest BCUT2D eigenvalue weighted by molar-refractivity contribution is 9.11. The van der Waals surface area contributed by atoms with Crippen LogP contribution < -0.4 is 9.47 Å². The third-order valence-corrected chi connectivity index (χ3v) is 4.60. The largest absolute Gasteiger partial charge is 0.481 e. The van der Waals surface area contributed by atoms with E-state index in [1.807, 2.05) is 0 Å². The van der Waals surface area contributed by atoms with E-state index >= 15 is 0 Å². The molecule has 3 rings (SSSR count). The van der Waals surface area contributed by atoms with Gasteiger partial charge in [0.1, 0.15) is 5.75 Å². The molecule has 4 nitrogen and oxygen atoms in total. The SMILES string of the molecule is COc1cc(Cl)c2cc(Oc3c(Br)cc([O])cc3Br)ccc2n1. The zero-order valence-electron chi connectivity index (χ0n) is 11.8. The molecule has 0 fully saturated rings. The summed E-state index contributed by atoms with van der Waals surface area (Å²) in [7, 11) is 1.54. The zero-order chi connectivity index (χ0) is 16.6. The molecule has 0 saturated heterocycles. The number of hydrogen-bond donors (Lipinski definition) is 0. The lowest BCUT2D eigenvalue weighted by atomic mass is 10.2. The molecule has 0 unspecified atom stereocenters. The van der Waals surface area contributed by atoms with Crippen molar-refractivity contribution in [2.24, 2.45) is 0 Å². The van der Waals surface area contributed by atoms with Crippen LogP contribution in [-0.4, -0.2) is 12.1 Å². The Bertz CT molecular complexity index is 879. The maximum atomic E-state index is 11.4. The lowest BCUT2D eigenvalue weighted by molar-refractivity contribution is 0.353. The molecule has 1 heterocycles. The van der Waals surface area contributed by atoms with Gasteiger partial charge in [-0.15, -0.1) is 0 Å². The molecule has 0 spiro atoms. The highest BCUT2D eigenvalue weighted by Gasteiger charge is 2.12. The lowest BCUT2D eigenvalue weighted by Crippen LogP contribution is -1.91. The third kappa shape index (κ3) is 3.39. The van der Waals surface area contributed by atoms with Crippen LogP contribution in [0.2, 0.25) is 5.02 Å². The van der Waals surface area contributed by atoms with Gasteiger partial charge in [-0.1, -0.05) is 11.6 Å². The molecule has 1 aromatic heterocycles. The van der Waals surface area contributed by atoms with Crippen molar-refractivity contribution in [1.82, 2.24) is 4.98 Å². The molecule has 2 aromatic carbocycles. The van der Waals surface area contributed by atoms with Crippen LogP contribution >= 0.6 is 43.5 Å². The summed E-state index contributed by atoms with van der Waals surface area (Å²) in [5.74, 6) is 1.43. The minimum atomic E-state index is -0.117. The summed E-state index contributed by atoms with van der Waals surface area (Å²) in [6, 6.07) is 9.89. The molecule has 1 radical (unpaired) electrons. The van der Waals surface area contributed by atoms with Crippen LogP contribution in [0.1, 0.15) is 0 Å². The van der Waals surface area contributed by atoms with E-state index in [4.69, 9.17) is 21.1 Å². The molecule has 0 aliphatic rings. The fourth-order valence-electron chi connectivity index (χ4n) is 2.06. The Morgan fingerprint density at radius 1 is 1.09 bits per heavy atom. The van der Waals surface area contributed by atoms with Crippen LogP contribution in [0.25, 0.3) is 10.9 Å². The smallest absolute Gasteiger partial charge is 0.215 e. The Morgan fingerprint density at radius 2 is 1.78 bits per heavy atom. The van der Waals surface area contributed by atoms with Crippen molar-refractivity contribution >= 4 is 54.4 Å². The number of methoxy groups -OCH3 is 1. The second-order valence-electron chi connectivity index (χ2n) is 4.64. The van der Waals surface area contributed by atoms with Gasteiger partial charge in [0.05, 0.1) is 26.6 Å². The number of aromatic nitrogens is 1. The van der Waals surface area contributed by atoms with Crippen molar-refractivity contribution in [3.63, 3.8) is 0 Å². The molecule has 0 N–H and O–H groups in total. The van der Waals surface area contributed by atoms with E-state index < -0.39 is 0 Å². The Labute approximate surface area is 154 Å². The van der Waals surface area contributed by atoms with Gasteiger partial charge in [0, 0.05) is 23.6 Å². The van der Waals surface area contributed by atoms with E-state index in [1.54, 1.807) is 24.3 Å². The second kappa shape index (κ2) is 6.55. The molecule has 0 bridgehead atoms. The lowest BCUT2D eigenvalue weighted by Gasteiger charge is -2.11. The van der Waals surface area contributed by atoms with E-state index in [2.05, 4.69) is 36.8 Å². The van der Waals surface area contributed by atoms with Gasteiger partial charge in [-0.05, 0) is 50.1 Å². The van der Waals surface area contributed by atoms with Crippen molar-refractivity contribution in [2.75, 3.05) is 7.11 Å². The summed E-state index contributed by atoms with van der Waals surface area (Å²) >= 11 is 12.9. The number of halogens is 3. The number of benzene rings is 2. The number of ether oxygens (including phenoxy) is 2. The maximum absolute atomic E-state index is 11.4. The standard InChI is InChI=1S/C16H9Br2ClNO3/c1-22-15-7-13(19)10-6-9(2-3-14(10)20-15)23-16-11(17)4-8(21)5-12(16)18/h2-7H,1H3. The van der Waals surface area contributed by atoms with Crippen LogP contribution in [0.4, 0.5) is 0 Å². The number of hydrogen-bond acceptors (Lipinski definition) is 3. The van der Waals surface area contributed by atoms with Crippen molar-refractivity contribution in [3.8, 4) is 23.1 Å². The zero-order valence-corrected chi connectivity index (χ0v) is 15.7. The van der Waals surface area contributed by atoms with Gasteiger partial charge in [-0.25, -0.2) is 4.98 Å². The quantitative estimate of drug-likeness (QED) is 0.459. The van der Waals surface area contributed by atoms with Crippen LogP contribution in [-0.2, 0) is 5.11 Å². The average Bonchev–Trinajstić information content (AvgIpc) is 2.51. The van der Waals surface area contributed by atoms with Crippen LogP contribution in [0.5, 0.6) is 23.1 Å². The molecule has 23 heavy (non-hydrogen) atoms. The molecule has 0 aliphatic heterocycles. The van der Waals surface area contributed by atoms with Crippen molar-refractivity contribution in [1.29, 1.82) is 0 Å². The van der Waals surface area contributed by atoms with Crippen LogP contribution in [0, 0.1) is 0 Å². The summed E-state index contributed by atoms with van der Waals surface area (Å²) in [5, 5.41) is 12.7. The van der Waals surface area contributed by atoms with E-state index in [-0.39, 0.29) is 5.75 Å². The summed E-state index contributed by atoms with van der Waals surface area (Å²) in [5.41, 5.74) is 0.703. The Hall–Kier alpha value is -1.50. The van der Waals surface area contributed by atoms with E-state index in [0.717, 1.165) is 5.39 Å². The second-order valence-corrected chi connectivity index (χ2v) is 6.76. The van der Waals surface area contributed by atoms with Crippen molar-refractivity contribution in [2.45, 2.75) is 0 Å². The van der Waals surface area contributed by atoms with Gasteiger partial charge in [0.25, 0.3) is 0 Å². The summed E-state index contributed by atoms with van der Waals surface area (Å²) in [4.78, 5) is 4.33. The molecular weight excluding hydrogens is 449 g/mol. The van der Waals surface area contributed by atoms with Crippen LogP contribution in [0.3, 0.4) is 0 Å². The highest BCUT2D eigenvalue weighted by Crippen LogP contribution is 2.40. The fraction of sp³-hybridized carbons (Fsp3) is 0.0625. The van der Waals surface area contributed by atoms with E-state index in [9.17, 15) is 5.11 Å². The third-order valence-electron chi connectivity index (χ3n) is 3.11. The first-order valence-electron chi connectivity index (χ1n) is 6.46. The summed E-state index contributed by atoms with van der Waals surface area (Å²) in [6.07, 6.45) is 0. The molecule has 117 valence electrons. The van der Waals surface area contributed by atoms with Gasteiger partial charge < -0.3 is 9.47 Å². The predicted octanol–water partition coefficient (Wildman–Crippen LogP) is 6.36. The molecular formula is C16H9Br2ClNO3. The summed E-state index contributed by atoms with van der Waals surface area (Å²) < 4.78 is 12.1. The van der Waals surface area contributed by atoms with Gasteiger partial charge in [-0.3, -0.25) is 5.11 Å². The minimum absolute atomic E-state index is 0.117.